The van der Waals surface area contributed by atoms with Gasteiger partial charge in [-0.2, -0.15) is 0 Å². The molecule has 2 aliphatic rings. The first-order chi connectivity index (χ1) is 13.7. The molecule has 0 amide bonds. The molecule has 28 heavy (non-hydrogen) atoms. The summed E-state index contributed by atoms with van der Waals surface area (Å²) in [5.74, 6) is 0.532. The van der Waals surface area contributed by atoms with Gasteiger partial charge in [-0.25, -0.2) is 9.97 Å². The van der Waals surface area contributed by atoms with Gasteiger partial charge in [0.2, 0.25) is 0 Å². The van der Waals surface area contributed by atoms with Crippen molar-refractivity contribution in [2.45, 2.75) is 44.2 Å². The molecule has 2 atom stereocenters. The smallest absolute Gasteiger partial charge is 0.185 e. The van der Waals surface area contributed by atoms with E-state index in [1.165, 1.54) is 24.8 Å². The lowest BCUT2D eigenvalue weighted by Crippen LogP contribution is -2.46. The summed E-state index contributed by atoms with van der Waals surface area (Å²) < 4.78 is 1.83. The first-order valence-electron chi connectivity index (χ1n) is 9.71. The molecule has 142 valence electrons. The molecule has 7 nitrogen and oxygen atoms in total. The van der Waals surface area contributed by atoms with Crippen molar-refractivity contribution < 1.29 is 5.11 Å². The molecule has 2 aliphatic heterocycles. The predicted molar refractivity (Wildman–Crippen MR) is 106 cm³/mol. The molecule has 2 aromatic heterocycles. The molecule has 2 saturated heterocycles. The van der Waals surface area contributed by atoms with Gasteiger partial charge >= 0.3 is 0 Å². The summed E-state index contributed by atoms with van der Waals surface area (Å²) in [6.07, 6.45) is 15.1. The van der Waals surface area contributed by atoms with Crippen LogP contribution in [0.25, 0.3) is 23.2 Å². The number of nitrogens with zero attached hydrogens (tertiary/aromatic N) is 5. The second-order valence-electron chi connectivity index (χ2n) is 7.58. The molecule has 2 fully saturated rings. The van der Waals surface area contributed by atoms with Gasteiger partial charge in [0.25, 0.3) is 0 Å². The number of benzene rings is 1. The minimum atomic E-state index is 0.116. The maximum absolute atomic E-state index is 10.4. The van der Waals surface area contributed by atoms with Crippen molar-refractivity contribution in [2.75, 3.05) is 0 Å². The molecule has 1 unspecified atom stereocenters. The molecule has 1 aromatic carbocycles. The second kappa shape index (κ2) is 7.16. The van der Waals surface area contributed by atoms with Crippen molar-refractivity contribution in [3.8, 4) is 22.8 Å². The molecule has 2 bridgehead atoms. The highest BCUT2D eigenvalue weighted by atomic mass is 16.3. The minimum Gasteiger partial charge on any atom is -0.507 e. The van der Waals surface area contributed by atoms with Crippen LogP contribution in [-0.4, -0.2) is 41.9 Å². The quantitative estimate of drug-likeness (QED) is 0.732. The fourth-order valence-corrected chi connectivity index (χ4v) is 4.23. The zero-order valence-electron chi connectivity index (χ0n) is 15.5. The van der Waals surface area contributed by atoms with E-state index >= 15 is 0 Å². The van der Waals surface area contributed by atoms with Gasteiger partial charge in [0.1, 0.15) is 11.4 Å². The van der Waals surface area contributed by atoms with Crippen molar-refractivity contribution in [3.05, 3.63) is 54.4 Å². The van der Waals surface area contributed by atoms with Gasteiger partial charge < -0.3 is 15.0 Å². The Morgan fingerprint density at radius 1 is 1.14 bits per heavy atom. The molecule has 0 aliphatic carbocycles. The third kappa shape index (κ3) is 3.41. The highest BCUT2D eigenvalue weighted by Crippen LogP contribution is 2.31. The van der Waals surface area contributed by atoms with Crippen molar-refractivity contribution in [1.82, 2.24) is 30.0 Å². The number of hydrogen-bond acceptors (Lipinski definition) is 6. The van der Waals surface area contributed by atoms with Crippen LogP contribution in [-0.2, 0) is 0 Å². The fraction of sp³-hybridized carbons (Fsp3) is 0.333. The lowest BCUT2D eigenvalue weighted by Gasteiger charge is -2.37. The molecule has 0 spiro atoms. The number of phenols is 1. The molecular formula is C21H22N6O. The van der Waals surface area contributed by atoms with Gasteiger partial charge in [0, 0.05) is 30.5 Å². The maximum atomic E-state index is 10.4. The Kier molecular flexibility index (Phi) is 4.37. The lowest BCUT2D eigenvalue weighted by atomic mass is 9.83. The first-order valence-corrected chi connectivity index (χ1v) is 9.71. The van der Waals surface area contributed by atoms with Crippen LogP contribution in [0.15, 0.2) is 48.7 Å². The van der Waals surface area contributed by atoms with E-state index in [0.717, 1.165) is 24.2 Å². The van der Waals surface area contributed by atoms with Crippen molar-refractivity contribution in [2.24, 2.45) is 0 Å². The zero-order valence-corrected chi connectivity index (χ0v) is 15.5. The van der Waals surface area contributed by atoms with Crippen molar-refractivity contribution in [3.63, 3.8) is 0 Å². The van der Waals surface area contributed by atoms with Gasteiger partial charge in [-0.05, 0) is 43.9 Å². The third-order valence-electron chi connectivity index (χ3n) is 5.55. The van der Waals surface area contributed by atoms with E-state index in [2.05, 4.69) is 31.6 Å². The number of aromatic hydroxyl groups is 1. The topological polar surface area (TPSA) is 88.8 Å². The summed E-state index contributed by atoms with van der Waals surface area (Å²) in [5, 5.41) is 22.7. The molecule has 7 heteroatoms. The van der Waals surface area contributed by atoms with Gasteiger partial charge in [-0.3, -0.25) is 0 Å². The Bertz CT molecular complexity index is 982. The van der Waals surface area contributed by atoms with Crippen LogP contribution in [0.1, 0.15) is 37.8 Å². The Balaban J connectivity index is 1.36. The second-order valence-corrected chi connectivity index (χ2v) is 7.58. The lowest BCUT2D eigenvalue weighted by molar-refractivity contribution is 0.283. The molecule has 4 heterocycles. The van der Waals surface area contributed by atoms with Gasteiger partial charge in [-0.15, -0.1) is 10.2 Å². The van der Waals surface area contributed by atoms with Crippen LogP contribution >= 0.6 is 0 Å². The highest BCUT2D eigenvalue weighted by molar-refractivity contribution is 5.66. The number of rotatable bonds is 3. The summed E-state index contributed by atoms with van der Waals surface area (Å²) >= 11 is 0. The van der Waals surface area contributed by atoms with E-state index < -0.39 is 0 Å². The van der Waals surface area contributed by atoms with Gasteiger partial charge in [0.15, 0.2) is 5.82 Å². The Morgan fingerprint density at radius 2 is 2.00 bits per heavy atom. The standard InChI is InChI=1S/C21H22N6O/c28-20-11-18(27-7-6-22-13-27)4-5-19(20)21-23-12-17(25-26-21)10-14-8-15-2-1-3-16(9-14)24-15/h4-7,10-13,15-16,24,28H,1-3,8-9H2/t15-,16?/m0/s1. The zero-order chi connectivity index (χ0) is 18.9. The number of piperidine rings is 2. The van der Waals surface area contributed by atoms with Crippen LogP contribution in [0, 0.1) is 0 Å². The van der Waals surface area contributed by atoms with E-state index in [1.54, 1.807) is 30.9 Å². The maximum Gasteiger partial charge on any atom is 0.185 e. The summed E-state index contributed by atoms with van der Waals surface area (Å²) in [6.45, 7) is 0. The average Bonchev–Trinajstić information content (AvgIpc) is 3.23. The number of hydrogen-bond donors (Lipinski definition) is 2. The van der Waals surface area contributed by atoms with Gasteiger partial charge in [0.05, 0.1) is 23.8 Å². The molecular weight excluding hydrogens is 352 g/mol. The van der Waals surface area contributed by atoms with Crippen LogP contribution in [0.5, 0.6) is 5.75 Å². The molecule has 0 radical (unpaired) electrons. The van der Waals surface area contributed by atoms with E-state index in [0.29, 0.717) is 23.5 Å². The number of nitrogens with one attached hydrogen (secondary N) is 1. The number of imidazole rings is 1. The first kappa shape index (κ1) is 17.1. The van der Waals surface area contributed by atoms with Gasteiger partial charge in [-0.1, -0.05) is 12.0 Å². The Hall–Kier alpha value is -3.06. The fourth-order valence-electron chi connectivity index (χ4n) is 4.23. The Morgan fingerprint density at radius 3 is 2.68 bits per heavy atom. The van der Waals surface area contributed by atoms with E-state index in [9.17, 15) is 5.11 Å². The van der Waals surface area contributed by atoms with Crippen molar-refractivity contribution in [1.29, 1.82) is 0 Å². The molecule has 0 saturated carbocycles. The summed E-state index contributed by atoms with van der Waals surface area (Å²) in [4.78, 5) is 8.45. The molecule has 5 rings (SSSR count). The summed E-state index contributed by atoms with van der Waals surface area (Å²) in [6, 6.07) is 6.57. The largest absolute Gasteiger partial charge is 0.507 e. The monoisotopic (exact) mass is 374 g/mol. The third-order valence-corrected chi connectivity index (χ3v) is 5.55. The summed E-state index contributed by atoms with van der Waals surface area (Å²) in [5.41, 5.74) is 3.58. The average molecular weight is 374 g/mol. The Labute approximate surface area is 163 Å². The normalized spacial score (nSPS) is 23.1. The molecule has 3 aromatic rings. The number of aromatic nitrogens is 5. The predicted octanol–water partition coefficient (Wildman–Crippen LogP) is 3.12. The van der Waals surface area contributed by atoms with Crippen LogP contribution in [0.4, 0.5) is 0 Å². The van der Waals surface area contributed by atoms with E-state index in [-0.39, 0.29) is 5.75 Å². The van der Waals surface area contributed by atoms with E-state index in [4.69, 9.17) is 0 Å². The molecule has 2 N–H and O–H groups in total. The summed E-state index contributed by atoms with van der Waals surface area (Å²) in [7, 11) is 0. The SMILES string of the molecule is Oc1cc(-n2ccnc2)ccc1-c1ncc(C=C2CC3CCC[C@@H](C2)N3)nn1. The minimum absolute atomic E-state index is 0.116. The van der Waals surface area contributed by atoms with Crippen molar-refractivity contribution >= 4 is 6.08 Å². The van der Waals surface area contributed by atoms with Crippen LogP contribution in [0.2, 0.25) is 0 Å². The highest BCUT2D eigenvalue weighted by Gasteiger charge is 2.27. The van der Waals surface area contributed by atoms with Crippen LogP contribution in [0.3, 0.4) is 0 Å². The number of phenolic OH excluding ortho intramolecular Hbond substituents is 1. The number of fused-ring (bicyclic) bond motifs is 2. The van der Waals surface area contributed by atoms with E-state index in [1.807, 2.05) is 16.8 Å². The van der Waals surface area contributed by atoms with Crippen LogP contribution < -0.4 is 5.32 Å².